The molecule has 4 heteroatoms. The fourth-order valence-corrected chi connectivity index (χ4v) is 4.42. The number of halogens is 2. The Bertz CT molecular complexity index is 476. The molecule has 1 heterocycles. The number of nitrogens with two attached hydrogens (primary N) is 1. The highest BCUT2D eigenvalue weighted by atomic mass is 79.9. The third kappa shape index (κ3) is 3.06. The molecule has 2 fully saturated rings. The van der Waals surface area contributed by atoms with E-state index >= 15 is 0 Å². The lowest BCUT2D eigenvalue weighted by Gasteiger charge is -2.36. The zero-order valence-corrected chi connectivity index (χ0v) is 14.0. The van der Waals surface area contributed by atoms with Gasteiger partial charge in [-0.15, -0.1) is 0 Å². The molecule has 0 aromatic heterocycles. The monoisotopic (exact) mass is 356 g/mol. The molecule has 20 heavy (non-hydrogen) atoms. The minimum absolute atomic E-state index is 0.446. The first-order valence-corrected chi connectivity index (χ1v) is 8.78. The summed E-state index contributed by atoms with van der Waals surface area (Å²) >= 11 is 9.81. The average Bonchev–Trinajstić information content (AvgIpc) is 3.24. The van der Waals surface area contributed by atoms with Crippen LogP contribution in [0.3, 0.4) is 0 Å². The highest BCUT2D eigenvalue weighted by Gasteiger charge is 2.39. The molecule has 110 valence electrons. The number of hydrogen-bond donors (Lipinski definition) is 1. The summed E-state index contributed by atoms with van der Waals surface area (Å²) in [6, 6.07) is 7.42. The van der Waals surface area contributed by atoms with Crippen LogP contribution >= 0.6 is 27.5 Å². The molecule has 0 amide bonds. The third-order valence-corrected chi connectivity index (χ3v) is 5.57. The van der Waals surface area contributed by atoms with Gasteiger partial charge in [0, 0.05) is 21.6 Å². The maximum Gasteiger partial charge on any atom is 0.0417 e. The van der Waals surface area contributed by atoms with Gasteiger partial charge in [-0.05, 0) is 62.4 Å². The van der Waals surface area contributed by atoms with Crippen LogP contribution in [0, 0.1) is 5.92 Å². The first kappa shape index (κ1) is 14.8. The third-order valence-electron chi connectivity index (χ3n) is 4.64. The van der Waals surface area contributed by atoms with Gasteiger partial charge in [0.1, 0.15) is 0 Å². The maximum atomic E-state index is 6.10. The van der Waals surface area contributed by atoms with Crippen LogP contribution in [0.2, 0.25) is 5.02 Å². The Balaban J connectivity index is 1.98. The molecule has 1 aromatic carbocycles. The van der Waals surface area contributed by atoms with Crippen LogP contribution < -0.4 is 5.73 Å². The summed E-state index contributed by atoms with van der Waals surface area (Å²) in [4.78, 5) is 2.71. The Hall–Kier alpha value is -0.0900. The zero-order valence-electron chi connectivity index (χ0n) is 11.7. The van der Waals surface area contributed by atoms with Crippen molar-refractivity contribution in [2.75, 3.05) is 13.1 Å². The molecule has 2 nitrogen and oxygen atoms in total. The van der Waals surface area contributed by atoms with Crippen LogP contribution in [0.15, 0.2) is 22.7 Å². The number of likely N-dealkylation sites (tertiary alicyclic amines) is 1. The Morgan fingerprint density at radius 3 is 2.70 bits per heavy atom. The predicted molar refractivity (Wildman–Crippen MR) is 88.0 cm³/mol. The standard InChI is InChI=1S/C16H22BrClN2/c17-15-9-12(18)4-7-14(15)16-11(10-19)3-1-2-8-20(16)13-5-6-13/h4,7,9,11,13,16H,1-3,5-6,8,10,19H2. The van der Waals surface area contributed by atoms with E-state index in [1.165, 1.54) is 44.2 Å². The minimum Gasteiger partial charge on any atom is -0.330 e. The molecule has 1 aliphatic carbocycles. The van der Waals surface area contributed by atoms with Crippen molar-refractivity contribution in [3.63, 3.8) is 0 Å². The van der Waals surface area contributed by atoms with E-state index in [0.717, 1.165) is 22.1 Å². The van der Waals surface area contributed by atoms with Gasteiger partial charge in [-0.25, -0.2) is 0 Å². The Kier molecular flexibility index (Phi) is 4.71. The second-order valence-electron chi connectivity index (χ2n) is 6.07. The van der Waals surface area contributed by atoms with Crippen LogP contribution in [0.25, 0.3) is 0 Å². The molecular formula is C16H22BrClN2. The highest BCUT2D eigenvalue weighted by molar-refractivity contribution is 9.10. The molecule has 0 radical (unpaired) electrons. The van der Waals surface area contributed by atoms with Crippen LogP contribution in [0.5, 0.6) is 0 Å². The molecule has 0 spiro atoms. The summed E-state index contributed by atoms with van der Waals surface area (Å²) in [5.41, 5.74) is 7.46. The van der Waals surface area contributed by atoms with Crippen molar-refractivity contribution in [2.24, 2.45) is 11.7 Å². The van der Waals surface area contributed by atoms with E-state index in [0.29, 0.717) is 12.0 Å². The Labute approximate surface area is 134 Å². The van der Waals surface area contributed by atoms with Gasteiger partial charge in [0.05, 0.1) is 0 Å². The molecule has 1 saturated carbocycles. The lowest BCUT2D eigenvalue weighted by Crippen LogP contribution is -2.37. The van der Waals surface area contributed by atoms with Crippen molar-refractivity contribution in [2.45, 2.75) is 44.2 Å². The summed E-state index contributed by atoms with van der Waals surface area (Å²) in [7, 11) is 0. The molecule has 1 aliphatic heterocycles. The van der Waals surface area contributed by atoms with Crippen LogP contribution in [0.4, 0.5) is 0 Å². The van der Waals surface area contributed by atoms with Crippen molar-refractivity contribution in [3.05, 3.63) is 33.3 Å². The summed E-state index contributed by atoms with van der Waals surface area (Å²) < 4.78 is 1.13. The van der Waals surface area contributed by atoms with Crippen molar-refractivity contribution < 1.29 is 0 Å². The van der Waals surface area contributed by atoms with Crippen LogP contribution in [0.1, 0.15) is 43.7 Å². The highest BCUT2D eigenvalue weighted by Crippen LogP contribution is 2.43. The molecule has 3 rings (SSSR count). The van der Waals surface area contributed by atoms with Gasteiger partial charge < -0.3 is 5.73 Å². The molecule has 2 unspecified atom stereocenters. The lowest BCUT2D eigenvalue weighted by atomic mass is 9.89. The normalized spacial score (nSPS) is 28.4. The van der Waals surface area contributed by atoms with E-state index in [-0.39, 0.29) is 0 Å². The van der Waals surface area contributed by atoms with Crippen molar-refractivity contribution in [1.82, 2.24) is 4.90 Å². The van der Waals surface area contributed by atoms with Crippen LogP contribution in [-0.4, -0.2) is 24.0 Å². The van der Waals surface area contributed by atoms with Gasteiger partial charge in [-0.2, -0.15) is 0 Å². The summed E-state index contributed by atoms with van der Waals surface area (Å²) in [6.07, 6.45) is 6.53. The molecule has 1 aromatic rings. The molecule has 2 atom stereocenters. The number of rotatable bonds is 3. The van der Waals surface area contributed by atoms with Gasteiger partial charge in [0.15, 0.2) is 0 Å². The van der Waals surface area contributed by atoms with E-state index in [9.17, 15) is 0 Å². The summed E-state index contributed by atoms with van der Waals surface area (Å²) in [5.74, 6) is 0.551. The molecule has 0 bridgehead atoms. The SMILES string of the molecule is NCC1CCCCN(C2CC2)C1c1ccc(Cl)cc1Br. The first-order chi connectivity index (χ1) is 9.70. The van der Waals surface area contributed by atoms with Crippen molar-refractivity contribution >= 4 is 27.5 Å². The Morgan fingerprint density at radius 1 is 1.25 bits per heavy atom. The fraction of sp³-hybridized carbons (Fsp3) is 0.625. The lowest BCUT2D eigenvalue weighted by molar-refractivity contribution is 0.148. The van der Waals surface area contributed by atoms with Gasteiger partial charge in [0.25, 0.3) is 0 Å². The topological polar surface area (TPSA) is 29.3 Å². The van der Waals surface area contributed by atoms with Gasteiger partial charge in [-0.1, -0.05) is 40.0 Å². The minimum atomic E-state index is 0.446. The van der Waals surface area contributed by atoms with Gasteiger partial charge in [-0.3, -0.25) is 4.90 Å². The smallest absolute Gasteiger partial charge is 0.0417 e. The second-order valence-corrected chi connectivity index (χ2v) is 7.36. The maximum absolute atomic E-state index is 6.10. The predicted octanol–water partition coefficient (Wildman–Crippen LogP) is 4.37. The zero-order chi connectivity index (χ0) is 14.1. The van der Waals surface area contributed by atoms with Gasteiger partial charge >= 0.3 is 0 Å². The van der Waals surface area contributed by atoms with E-state index in [4.69, 9.17) is 17.3 Å². The fourth-order valence-electron chi connectivity index (χ4n) is 3.51. The van der Waals surface area contributed by atoms with Crippen LogP contribution in [-0.2, 0) is 0 Å². The molecular weight excluding hydrogens is 336 g/mol. The quantitative estimate of drug-likeness (QED) is 0.870. The van der Waals surface area contributed by atoms with Crippen molar-refractivity contribution in [3.8, 4) is 0 Å². The summed E-state index contributed by atoms with van der Waals surface area (Å²) in [6.45, 7) is 1.98. The average molecular weight is 358 g/mol. The Morgan fingerprint density at radius 2 is 2.05 bits per heavy atom. The number of benzene rings is 1. The molecule has 2 N–H and O–H groups in total. The van der Waals surface area contributed by atoms with E-state index in [2.05, 4.69) is 26.9 Å². The van der Waals surface area contributed by atoms with E-state index in [1.807, 2.05) is 12.1 Å². The first-order valence-electron chi connectivity index (χ1n) is 7.61. The van der Waals surface area contributed by atoms with Gasteiger partial charge in [0.2, 0.25) is 0 Å². The second kappa shape index (κ2) is 6.35. The van der Waals surface area contributed by atoms with E-state index in [1.54, 1.807) is 0 Å². The summed E-state index contributed by atoms with van der Waals surface area (Å²) in [5, 5.41) is 0.788. The van der Waals surface area contributed by atoms with Crippen molar-refractivity contribution in [1.29, 1.82) is 0 Å². The molecule has 2 aliphatic rings. The number of nitrogens with zero attached hydrogens (tertiary/aromatic N) is 1. The van der Waals surface area contributed by atoms with E-state index < -0.39 is 0 Å². The molecule has 1 saturated heterocycles. The number of hydrogen-bond acceptors (Lipinski definition) is 2. The largest absolute Gasteiger partial charge is 0.330 e.